The van der Waals surface area contributed by atoms with Crippen molar-refractivity contribution in [2.75, 3.05) is 31.5 Å². The molecule has 0 saturated carbocycles. The maximum Gasteiger partial charge on any atom is 0.240 e. The highest BCUT2D eigenvalue weighted by molar-refractivity contribution is 7.90. The number of likely N-dealkylation sites (N-methyl/N-ethyl adjacent to an activating group) is 1. The molecular weight excluding hydrogens is 256 g/mol. The summed E-state index contributed by atoms with van der Waals surface area (Å²) in [5, 5.41) is 2.05. The molecular formula is C8H15ClN2O4S. The number of carbonyl (C=O) groups excluding carboxylic acids is 1. The summed E-state index contributed by atoms with van der Waals surface area (Å²) in [5.41, 5.74) is 0. The lowest BCUT2D eigenvalue weighted by molar-refractivity contribution is -0.129. The van der Waals surface area contributed by atoms with Crippen LogP contribution >= 0.6 is 11.6 Å². The van der Waals surface area contributed by atoms with Crippen LogP contribution < -0.4 is 5.32 Å². The molecule has 1 rings (SSSR count). The van der Waals surface area contributed by atoms with Crippen LogP contribution in [0, 0.1) is 0 Å². The lowest BCUT2D eigenvalue weighted by atomic mass is 10.2. The molecule has 1 N–H and O–H groups in total. The Hall–Kier alpha value is -0.370. The zero-order valence-corrected chi connectivity index (χ0v) is 10.6. The average molecular weight is 271 g/mol. The van der Waals surface area contributed by atoms with Crippen molar-refractivity contribution in [2.24, 2.45) is 0 Å². The predicted octanol–water partition coefficient (Wildman–Crippen LogP) is -0.651. The van der Waals surface area contributed by atoms with E-state index in [0.29, 0.717) is 6.54 Å². The van der Waals surface area contributed by atoms with Gasteiger partial charge in [0.05, 0.1) is 13.2 Å². The third kappa shape index (κ3) is 3.07. The number of rotatable bonds is 4. The second kappa shape index (κ2) is 5.81. The number of amides is 1. The summed E-state index contributed by atoms with van der Waals surface area (Å²) in [6.07, 6.45) is 0. The molecule has 0 radical (unpaired) electrons. The first-order chi connectivity index (χ1) is 7.53. The molecule has 1 heterocycles. The van der Waals surface area contributed by atoms with Gasteiger partial charge in [-0.25, -0.2) is 8.42 Å². The molecule has 0 aromatic rings. The number of halogens is 1. The zero-order chi connectivity index (χ0) is 12.2. The third-order valence-electron chi connectivity index (χ3n) is 2.23. The molecule has 6 nitrogen and oxygen atoms in total. The van der Waals surface area contributed by atoms with Gasteiger partial charge in [0.1, 0.15) is 11.3 Å². The molecule has 0 spiro atoms. The fourth-order valence-electron chi connectivity index (χ4n) is 1.48. The lowest BCUT2D eigenvalue weighted by Crippen LogP contribution is -2.55. The van der Waals surface area contributed by atoms with Crippen LogP contribution in [0.2, 0.25) is 0 Å². The first-order valence-corrected chi connectivity index (χ1v) is 7.08. The van der Waals surface area contributed by atoms with Crippen molar-refractivity contribution in [3.63, 3.8) is 0 Å². The van der Waals surface area contributed by atoms with Crippen LogP contribution in [-0.4, -0.2) is 56.2 Å². The van der Waals surface area contributed by atoms with Crippen LogP contribution in [0.3, 0.4) is 0 Å². The van der Waals surface area contributed by atoms with Crippen molar-refractivity contribution in [3.05, 3.63) is 0 Å². The summed E-state index contributed by atoms with van der Waals surface area (Å²) in [5.74, 6) is -0.351. The minimum absolute atomic E-state index is 0.0714. The number of nitrogens with one attached hydrogen (secondary N) is 1. The van der Waals surface area contributed by atoms with Crippen LogP contribution in [0.5, 0.6) is 0 Å². The van der Waals surface area contributed by atoms with Gasteiger partial charge >= 0.3 is 0 Å². The standard InChI is InChI=1S/C8H15ClN2O4S/c1-2-10-8(12)7-5-15-4-3-11(7)16(13,14)6-9/h7H,2-6H2,1H3,(H,10,12). The fourth-order valence-corrected chi connectivity index (χ4v) is 2.88. The molecule has 0 bridgehead atoms. The Morgan fingerprint density at radius 2 is 2.31 bits per heavy atom. The van der Waals surface area contributed by atoms with Crippen LogP contribution in [0.4, 0.5) is 0 Å². The number of nitrogens with zero attached hydrogens (tertiary/aromatic N) is 1. The molecule has 0 aliphatic carbocycles. The Morgan fingerprint density at radius 3 is 2.88 bits per heavy atom. The van der Waals surface area contributed by atoms with Gasteiger partial charge in [-0.3, -0.25) is 4.79 Å². The van der Waals surface area contributed by atoms with Crippen molar-refractivity contribution in [1.82, 2.24) is 9.62 Å². The first kappa shape index (κ1) is 13.7. The second-order valence-electron chi connectivity index (χ2n) is 3.32. The molecule has 1 aliphatic heterocycles. The van der Waals surface area contributed by atoms with Gasteiger partial charge in [0.2, 0.25) is 15.9 Å². The van der Waals surface area contributed by atoms with Crippen LogP contribution in [-0.2, 0) is 19.6 Å². The van der Waals surface area contributed by atoms with Crippen molar-refractivity contribution in [1.29, 1.82) is 0 Å². The maximum absolute atomic E-state index is 11.6. The topological polar surface area (TPSA) is 75.7 Å². The first-order valence-electron chi connectivity index (χ1n) is 4.94. The minimum atomic E-state index is -3.58. The molecule has 8 heteroatoms. The van der Waals surface area contributed by atoms with E-state index in [0.717, 1.165) is 4.31 Å². The Kier molecular flexibility index (Phi) is 4.97. The van der Waals surface area contributed by atoms with E-state index in [4.69, 9.17) is 16.3 Å². The van der Waals surface area contributed by atoms with E-state index in [9.17, 15) is 13.2 Å². The van der Waals surface area contributed by atoms with Gasteiger partial charge in [-0.15, -0.1) is 11.6 Å². The minimum Gasteiger partial charge on any atom is -0.378 e. The number of ether oxygens (including phenoxy) is 1. The van der Waals surface area contributed by atoms with Gasteiger partial charge in [0, 0.05) is 13.1 Å². The number of sulfonamides is 1. The number of hydrogen-bond donors (Lipinski definition) is 1. The van der Waals surface area contributed by atoms with E-state index in [-0.39, 0.29) is 25.7 Å². The maximum atomic E-state index is 11.6. The van der Waals surface area contributed by atoms with Gasteiger partial charge < -0.3 is 10.1 Å². The van der Waals surface area contributed by atoms with Crippen LogP contribution in [0.25, 0.3) is 0 Å². The second-order valence-corrected chi connectivity index (χ2v) is 5.82. The highest BCUT2D eigenvalue weighted by Crippen LogP contribution is 2.14. The van der Waals surface area contributed by atoms with E-state index < -0.39 is 21.3 Å². The molecule has 1 unspecified atom stereocenters. The molecule has 0 aromatic carbocycles. The highest BCUT2D eigenvalue weighted by atomic mass is 35.5. The van der Waals surface area contributed by atoms with Crippen molar-refractivity contribution in [3.8, 4) is 0 Å². The SMILES string of the molecule is CCNC(=O)C1COCCN1S(=O)(=O)CCl. The lowest BCUT2D eigenvalue weighted by Gasteiger charge is -2.32. The summed E-state index contributed by atoms with van der Waals surface area (Å²) in [7, 11) is -3.58. The van der Waals surface area contributed by atoms with Crippen molar-refractivity contribution in [2.45, 2.75) is 13.0 Å². The van der Waals surface area contributed by atoms with Gasteiger partial charge in [0.15, 0.2) is 0 Å². The highest BCUT2D eigenvalue weighted by Gasteiger charge is 2.36. The number of morpholine rings is 1. The molecule has 1 atom stereocenters. The Balaban J connectivity index is 2.83. The number of hydrogen-bond acceptors (Lipinski definition) is 4. The third-order valence-corrected chi connectivity index (χ3v) is 4.48. The predicted molar refractivity (Wildman–Crippen MR) is 59.6 cm³/mol. The fraction of sp³-hybridized carbons (Fsp3) is 0.875. The van der Waals surface area contributed by atoms with Gasteiger partial charge in [0.25, 0.3) is 0 Å². The van der Waals surface area contributed by atoms with Crippen molar-refractivity contribution < 1.29 is 17.9 Å². The Labute approximate surface area is 99.9 Å². The number of carbonyl (C=O) groups is 1. The molecule has 1 fully saturated rings. The van der Waals surface area contributed by atoms with E-state index in [1.54, 1.807) is 6.92 Å². The summed E-state index contributed by atoms with van der Waals surface area (Å²) in [6, 6.07) is -0.808. The largest absolute Gasteiger partial charge is 0.378 e. The Bertz CT molecular complexity index is 346. The van der Waals surface area contributed by atoms with Crippen LogP contribution in [0.1, 0.15) is 6.92 Å². The molecule has 16 heavy (non-hydrogen) atoms. The molecule has 1 aliphatic rings. The van der Waals surface area contributed by atoms with E-state index in [1.807, 2.05) is 0 Å². The molecule has 1 saturated heterocycles. The van der Waals surface area contributed by atoms with E-state index >= 15 is 0 Å². The number of alkyl halides is 1. The van der Waals surface area contributed by atoms with E-state index in [1.165, 1.54) is 0 Å². The molecule has 1 amide bonds. The molecule has 0 aromatic heterocycles. The smallest absolute Gasteiger partial charge is 0.240 e. The van der Waals surface area contributed by atoms with Crippen LogP contribution in [0.15, 0.2) is 0 Å². The monoisotopic (exact) mass is 270 g/mol. The summed E-state index contributed by atoms with van der Waals surface area (Å²) >= 11 is 5.37. The zero-order valence-electron chi connectivity index (χ0n) is 8.98. The summed E-state index contributed by atoms with van der Waals surface area (Å²) < 4.78 is 29.5. The quantitative estimate of drug-likeness (QED) is 0.689. The van der Waals surface area contributed by atoms with Gasteiger partial charge in [-0.1, -0.05) is 0 Å². The molecule has 94 valence electrons. The summed E-state index contributed by atoms with van der Waals surface area (Å²) in [6.45, 7) is 2.73. The van der Waals surface area contributed by atoms with Crippen molar-refractivity contribution >= 4 is 27.5 Å². The van der Waals surface area contributed by atoms with Gasteiger partial charge in [-0.05, 0) is 6.92 Å². The summed E-state index contributed by atoms with van der Waals surface area (Å²) in [4.78, 5) is 11.6. The van der Waals surface area contributed by atoms with E-state index in [2.05, 4.69) is 5.32 Å². The average Bonchev–Trinajstić information content (AvgIpc) is 2.29. The van der Waals surface area contributed by atoms with Gasteiger partial charge in [-0.2, -0.15) is 4.31 Å². The normalized spacial score (nSPS) is 23.0. The Morgan fingerprint density at radius 1 is 1.62 bits per heavy atom.